The average molecular weight is 302 g/mol. The second-order valence-electron chi connectivity index (χ2n) is 5.35. The third-order valence-electron chi connectivity index (χ3n) is 3.92. The minimum atomic E-state index is -0.972. The molecule has 3 N–H and O–H groups in total. The van der Waals surface area contributed by atoms with Crippen LogP contribution >= 0.6 is 11.8 Å². The number of carboxylic acid groups (broad SMARTS) is 1. The lowest BCUT2D eigenvalue weighted by atomic mass is 9.99. The van der Waals surface area contributed by atoms with E-state index in [1.807, 2.05) is 25.6 Å². The molecule has 5 nitrogen and oxygen atoms in total. The minimum absolute atomic E-state index is 0.0809. The molecule has 0 aromatic heterocycles. The van der Waals surface area contributed by atoms with Crippen LogP contribution in [0.3, 0.4) is 0 Å². The van der Waals surface area contributed by atoms with Crippen LogP contribution < -0.4 is 10.6 Å². The monoisotopic (exact) mass is 302 g/mol. The molecule has 2 amide bonds. The van der Waals surface area contributed by atoms with Crippen LogP contribution in [0.4, 0.5) is 4.79 Å². The normalized spacial score (nSPS) is 24.9. The highest BCUT2D eigenvalue weighted by Crippen LogP contribution is 2.29. The number of carbonyl (C=O) groups excluding carboxylic acids is 1. The molecule has 0 heterocycles. The van der Waals surface area contributed by atoms with Crippen molar-refractivity contribution in [3.63, 3.8) is 0 Å². The molecule has 0 aliphatic heterocycles. The van der Waals surface area contributed by atoms with Gasteiger partial charge in [-0.3, -0.25) is 0 Å². The van der Waals surface area contributed by atoms with E-state index in [-0.39, 0.29) is 18.0 Å². The SMILES string of the molecule is CCSC1CCCC1NC(=O)N[C@H](C(=O)O)[C@@H](C)CC. The lowest BCUT2D eigenvalue weighted by molar-refractivity contribution is -0.140. The second-order valence-corrected chi connectivity index (χ2v) is 6.87. The van der Waals surface area contributed by atoms with Crippen LogP contribution in [-0.4, -0.2) is 40.2 Å². The van der Waals surface area contributed by atoms with Crippen molar-refractivity contribution in [3.05, 3.63) is 0 Å². The standard InChI is InChI=1S/C14H26N2O3S/c1-4-9(3)12(13(17)18)16-14(19)15-10-7-6-8-11(10)20-5-2/h9-12H,4-8H2,1-3H3,(H,17,18)(H2,15,16,19)/t9-,10?,11?,12-/m0/s1. The number of rotatable bonds is 7. The summed E-state index contributed by atoms with van der Waals surface area (Å²) in [5.74, 6) is -0.0159. The second kappa shape index (κ2) is 8.39. The Balaban J connectivity index is 2.51. The van der Waals surface area contributed by atoms with Crippen molar-refractivity contribution < 1.29 is 14.7 Å². The van der Waals surface area contributed by atoms with Crippen LogP contribution in [0, 0.1) is 5.92 Å². The molecule has 4 atom stereocenters. The molecule has 0 saturated heterocycles. The summed E-state index contributed by atoms with van der Waals surface area (Å²) in [6.07, 6.45) is 3.94. The van der Waals surface area contributed by atoms with Crippen molar-refractivity contribution in [2.45, 2.75) is 63.8 Å². The van der Waals surface area contributed by atoms with Gasteiger partial charge in [0.1, 0.15) is 6.04 Å². The van der Waals surface area contributed by atoms with E-state index >= 15 is 0 Å². The zero-order valence-electron chi connectivity index (χ0n) is 12.5. The predicted octanol–water partition coefficient (Wildman–Crippen LogP) is 2.46. The number of nitrogens with one attached hydrogen (secondary N) is 2. The summed E-state index contributed by atoms with van der Waals surface area (Å²) >= 11 is 1.87. The highest BCUT2D eigenvalue weighted by atomic mass is 32.2. The third-order valence-corrected chi connectivity index (χ3v) is 5.24. The molecule has 0 radical (unpaired) electrons. The Labute approximate surface area is 125 Å². The maximum absolute atomic E-state index is 12.0. The van der Waals surface area contributed by atoms with Gasteiger partial charge in [0, 0.05) is 11.3 Å². The molecule has 20 heavy (non-hydrogen) atoms. The summed E-state index contributed by atoms with van der Waals surface area (Å²) in [5, 5.41) is 15.2. The first-order chi connectivity index (χ1) is 9.49. The fourth-order valence-electron chi connectivity index (χ4n) is 2.54. The van der Waals surface area contributed by atoms with E-state index in [1.54, 1.807) is 0 Å². The van der Waals surface area contributed by atoms with E-state index in [4.69, 9.17) is 0 Å². The maximum atomic E-state index is 12.0. The van der Waals surface area contributed by atoms with Crippen LogP contribution in [0.2, 0.25) is 0 Å². The number of hydrogen-bond donors (Lipinski definition) is 3. The number of carbonyl (C=O) groups is 2. The Bertz CT molecular complexity index is 338. The summed E-state index contributed by atoms with van der Waals surface area (Å²) in [5.41, 5.74) is 0. The van der Waals surface area contributed by atoms with E-state index in [1.165, 1.54) is 0 Å². The Hall–Kier alpha value is -0.910. The van der Waals surface area contributed by atoms with Gasteiger partial charge in [-0.2, -0.15) is 11.8 Å². The van der Waals surface area contributed by atoms with Crippen LogP contribution in [0.1, 0.15) is 46.5 Å². The van der Waals surface area contributed by atoms with Gasteiger partial charge in [0.25, 0.3) is 0 Å². The highest BCUT2D eigenvalue weighted by molar-refractivity contribution is 7.99. The molecule has 1 fully saturated rings. The predicted molar refractivity (Wildman–Crippen MR) is 82.1 cm³/mol. The summed E-state index contributed by atoms with van der Waals surface area (Å²) in [4.78, 5) is 23.2. The fourth-order valence-corrected chi connectivity index (χ4v) is 3.74. The van der Waals surface area contributed by atoms with Gasteiger partial charge in [-0.1, -0.05) is 33.6 Å². The minimum Gasteiger partial charge on any atom is -0.480 e. The number of carboxylic acids is 1. The number of hydrogen-bond acceptors (Lipinski definition) is 3. The zero-order valence-corrected chi connectivity index (χ0v) is 13.3. The smallest absolute Gasteiger partial charge is 0.326 e. The topological polar surface area (TPSA) is 78.4 Å². The van der Waals surface area contributed by atoms with Gasteiger partial charge in [-0.15, -0.1) is 0 Å². The first-order valence-electron chi connectivity index (χ1n) is 7.41. The molecular formula is C14H26N2O3S. The molecule has 1 rings (SSSR count). The molecular weight excluding hydrogens is 276 g/mol. The van der Waals surface area contributed by atoms with Crippen LogP contribution in [0.25, 0.3) is 0 Å². The molecule has 1 aliphatic rings. The molecule has 1 saturated carbocycles. The molecule has 2 unspecified atom stereocenters. The summed E-state index contributed by atoms with van der Waals surface area (Å²) in [6, 6.07) is -1.02. The van der Waals surface area contributed by atoms with Crippen LogP contribution in [0.15, 0.2) is 0 Å². The number of urea groups is 1. The van der Waals surface area contributed by atoms with E-state index in [2.05, 4.69) is 17.6 Å². The molecule has 6 heteroatoms. The molecule has 1 aliphatic carbocycles. The lowest BCUT2D eigenvalue weighted by Gasteiger charge is -2.24. The molecule has 0 aromatic rings. The van der Waals surface area contributed by atoms with E-state index in [0.717, 1.165) is 31.4 Å². The van der Waals surface area contributed by atoms with Crippen LogP contribution in [-0.2, 0) is 4.79 Å². The first-order valence-corrected chi connectivity index (χ1v) is 8.45. The molecule has 116 valence electrons. The highest BCUT2D eigenvalue weighted by Gasteiger charge is 2.30. The maximum Gasteiger partial charge on any atom is 0.326 e. The number of amides is 2. The molecule has 0 spiro atoms. The summed E-state index contributed by atoms with van der Waals surface area (Å²) in [6.45, 7) is 5.87. The van der Waals surface area contributed by atoms with Crippen molar-refractivity contribution >= 4 is 23.8 Å². The zero-order chi connectivity index (χ0) is 15.1. The van der Waals surface area contributed by atoms with E-state index in [9.17, 15) is 14.7 Å². The average Bonchev–Trinajstić information content (AvgIpc) is 2.82. The Kier molecular flexibility index (Phi) is 7.19. The number of aliphatic carboxylic acids is 1. The summed E-state index contributed by atoms with van der Waals surface area (Å²) < 4.78 is 0. The van der Waals surface area contributed by atoms with Gasteiger partial charge in [0.2, 0.25) is 0 Å². The van der Waals surface area contributed by atoms with Gasteiger partial charge in [-0.25, -0.2) is 9.59 Å². The van der Waals surface area contributed by atoms with Crippen molar-refractivity contribution in [2.24, 2.45) is 5.92 Å². The van der Waals surface area contributed by atoms with Crippen molar-refractivity contribution in [3.8, 4) is 0 Å². The quantitative estimate of drug-likeness (QED) is 0.675. The Morgan fingerprint density at radius 3 is 2.60 bits per heavy atom. The van der Waals surface area contributed by atoms with E-state index < -0.39 is 12.0 Å². The summed E-state index contributed by atoms with van der Waals surface area (Å²) in [7, 11) is 0. The van der Waals surface area contributed by atoms with Gasteiger partial charge >= 0.3 is 12.0 Å². The number of thioether (sulfide) groups is 1. The Morgan fingerprint density at radius 1 is 1.35 bits per heavy atom. The molecule has 0 aromatic carbocycles. The largest absolute Gasteiger partial charge is 0.480 e. The Morgan fingerprint density at radius 2 is 2.05 bits per heavy atom. The van der Waals surface area contributed by atoms with Crippen molar-refractivity contribution in [1.29, 1.82) is 0 Å². The van der Waals surface area contributed by atoms with Crippen molar-refractivity contribution in [1.82, 2.24) is 10.6 Å². The van der Waals surface area contributed by atoms with Gasteiger partial charge < -0.3 is 15.7 Å². The lowest BCUT2D eigenvalue weighted by Crippen LogP contribution is -2.52. The van der Waals surface area contributed by atoms with Gasteiger partial charge in [0.05, 0.1) is 0 Å². The van der Waals surface area contributed by atoms with Gasteiger partial charge in [0.15, 0.2) is 0 Å². The van der Waals surface area contributed by atoms with Crippen molar-refractivity contribution in [2.75, 3.05) is 5.75 Å². The van der Waals surface area contributed by atoms with Crippen LogP contribution in [0.5, 0.6) is 0 Å². The molecule has 0 bridgehead atoms. The first kappa shape index (κ1) is 17.1. The fraction of sp³-hybridized carbons (Fsp3) is 0.857. The van der Waals surface area contributed by atoms with E-state index in [0.29, 0.717) is 5.25 Å². The van der Waals surface area contributed by atoms with Gasteiger partial charge in [-0.05, 0) is 24.5 Å². The third kappa shape index (κ3) is 4.89.